The Balaban J connectivity index is 2.30. The highest BCUT2D eigenvalue weighted by Gasteiger charge is 2.25. The van der Waals surface area contributed by atoms with Crippen LogP contribution in [0.1, 0.15) is 11.3 Å². The Labute approximate surface area is 120 Å². The van der Waals surface area contributed by atoms with Crippen LogP contribution in [0.25, 0.3) is 0 Å². The molecule has 2 rings (SSSR count). The molecule has 2 aromatic rings. The first-order valence-corrected chi connectivity index (χ1v) is 8.06. The van der Waals surface area contributed by atoms with Gasteiger partial charge in [0.2, 0.25) is 10.0 Å². The van der Waals surface area contributed by atoms with Gasteiger partial charge in [-0.2, -0.15) is 4.31 Å². The fourth-order valence-corrected chi connectivity index (χ4v) is 3.38. The first kappa shape index (κ1) is 15.0. The Morgan fingerprint density at radius 1 is 1.45 bits per heavy atom. The summed E-state index contributed by atoms with van der Waals surface area (Å²) in [6.45, 7) is -0.265. The van der Waals surface area contributed by atoms with Crippen LogP contribution < -0.4 is 0 Å². The summed E-state index contributed by atoms with van der Waals surface area (Å²) in [7, 11) is -2.56. The lowest BCUT2D eigenvalue weighted by Crippen LogP contribution is -2.27. The number of aliphatic hydroxyl groups excluding tert-OH is 1. The Morgan fingerprint density at radius 3 is 2.75 bits per heavy atom. The molecular formula is C12H13FN2O3S2. The zero-order valence-corrected chi connectivity index (χ0v) is 12.3. The van der Waals surface area contributed by atoms with Gasteiger partial charge in [-0.05, 0) is 17.7 Å². The van der Waals surface area contributed by atoms with Crippen LogP contribution in [0.4, 0.5) is 4.39 Å². The molecule has 1 aromatic carbocycles. The maximum absolute atomic E-state index is 13.8. The monoisotopic (exact) mass is 316 g/mol. The van der Waals surface area contributed by atoms with Crippen LogP contribution in [0.15, 0.2) is 34.0 Å². The van der Waals surface area contributed by atoms with E-state index in [2.05, 4.69) is 4.98 Å². The normalized spacial score (nSPS) is 12.0. The highest BCUT2D eigenvalue weighted by atomic mass is 32.2. The zero-order valence-electron chi connectivity index (χ0n) is 10.7. The summed E-state index contributed by atoms with van der Waals surface area (Å²) in [4.78, 5) is 3.59. The van der Waals surface area contributed by atoms with Crippen molar-refractivity contribution in [2.24, 2.45) is 0 Å². The largest absolute Gasteiger partial charge is 0.392 e. The highest BCUT2D eigenvalue weighted by Crippen LogP contribution is 2.21. The molecule has 1 aromatic heterocycles. The van der Waals surface area contributed by atoms with E-state index in [9.17, 15) is 12.8 Å². The van der Waals surface area contributed by atoms with Gasteiger partial charge >= 0.3 is 0 Å². The molecule has 0 amide bonds. The predicted octanol–water partition coefficient (Wildman–Crippen LogP) is 1.60. The second kappa shape index (κ2) is 5.96. The molecule has 0 fully saturated rings. The fraction of sp³-hybridized carbons (Fsp3) is 0.250. The molecule has 0 bridgehead atoms. The van der Waals surface area contributed by atoms with Crippen LogP contribution in [-0.2, 0) is 23.2 Å². The van der Waals surface area contributed by atoms with Gasteiger partial charge in [-0.15, -0.1) is 11.3 Å². The van der Waals surface area contributed by atoms with E-state index in [4.69, 9.17) is 5.11 Å². The van der Waals surface area contributed by atoms with Gasteiger partial charge in [-0.25, -0.2) is 17.8 Å². The van der Waals surface area contributed by atoms with E-state index in [1.54, 1.807) is 10.9 Å². The number of aliphatic hydroxyl groups is 1. The van der Waals surface area contributed by atoms with Gasteiger partial charge in [-0.3, -0.25) is 0 Å². The van der Waals surface area contributed by atoms with Crippen LogP contribution in [-0.4, -0.2) is 29.9 Å². The van der Waals surface area contributed by atoms with Crippen molar-refractivity contribution in [2.75, 3.05) is 7.05 Å². The van der Waals surface area contributed by atoms with E-state index in [1.165, 1.54) is 24.5 Å². The summed E-state index contributed by atoms with van der Waals surface area (Å²) < 4.78 is 39.4. The lowest BCUT2D eigenvalue weighted by molar-refractivity contribution is 0.281. The predicted molar refractivity (Wildman–Crippen MR) is 73.1 cm³/mol. The van der Waals surface area contributed by atoms with Gasteiger partial charge in [0, 0.05) is 12.4 Å². The second-order valence-corrected chi connectivity index (χ2v) is 6.90. The maximum atomic E-state index is 13.8. The quantitative estimate of drug-likeness (QED) is 0.909. The molecule has 0 atom stereocenters. The minimum Gasteiger partial charge on any atom is -0.392 e. The molecule has 8 heteroatoms. The van der Waals surface area contributed by atoms with Crippen molar-refractivity contribution in [1.29, 1.82) is 0 Å². The van der Waals surface area contributed by atoms with Crippen LogP contribution in [0.5, 0.6) is 0 Å². The van der Waals surface area contributed by atoms with Crippen LogP contribution in [0.2, 0.25) is 0 Å². The molecule has 5 nitrogen and oxygen atoms in total. The number of hydrogen-bond donors (Lipinski definition) is 1. The Kier molecular flexibility index (Phi) is 4.48. The Bertz CT molecular complexity index is 687. The number of sulfonamides is 1. The minimum atomic E-state index is -3.93. The lowest BCUT2D eigenvalue weighted by Gasteiger charge is -2.16. The molecule has 0 unspecified atom stereocenters. The summed E-state index contributed by atoms with van der Waals surface area (Å²) in [5.41, 5.74) is 2.53. The number of nitrogens with zero attached hydrogens (tertiary/aromatic N) is 2. The summed E-state index contributed by atoms with van der Waals surface area (Å²) in [5.74, 6) is -0.873. The van der Waals surface area contributed by atoms with Crippen molar-refractivity contribution in [2.45, 2.75) is 18.0 Å². The van der Waals surface area contributed by atoms with E-state index >= 15 is 0 Å². The molecule has 1 N–H and O–H groups in total. The topological polar surface area (TPSA) is 70.5 Å². The van der Waals surface area contributed by atoms with Gasteiger partial charge in [0.25, 0.3) is 0 Å². The Hall–Kier alpha value is -1.35. The van der Waals surface area contributed by atoms with E-state index in [1.807, 2.05) is 0 Å². The standard InChI is InChI=1S/C12H13FN2O3S2/c1-15(5-10-7-19-8-14-10)20(17,18)12-3-2-9(6-16)4-11(12)13/h2-4,7-8,16H,5-6H2,1H3. The molecular weight excluding hydrogens is 303 g/mol. The van der Waals surface area contributed by atoms with E-state index in [0.717, 1.165) is 16.4 Å². The number of benzene rings is 1. The number of halogens is 1. The van der Waals surface area contributed by atoms with Gasteiger partial charge in [0.15, 0.2) is 0 Å². The van der Waals surface area contributed by atoms with E-state index in [-0.39, 0.29) is 13.2 Å². The molecule has 0 aliphatic heterocycles. The van der Waals surface area contributed by atoms with Crippen LogP contribution in [0, 0.1) is 5.82 Å². The first-order valence-electron chi connectivity index (χ1n) is 5.68. The smallest absolute Gasteiger partial charge is 0.246 e. The summed E-state index contributed by atoms with van der Waals surface area (Å²) in [6, 6.07) is 3.56. The molecule has 108 valence electrons. The number of hydrogen-bond acceptors (Lipinski definition) is 5. The van der Waals surface area contributed by atoms with Crippen molar-refractivity contribution >= 4 is 21.4 Å². The summed E-state index contributed by atoms with van der Waals surface area (Å²) in [5, 5.41) is 10.6. The van der Waals surface area contributed by atoms with E-state index < -0.39 is 20.7 Å². The van der Waals surface area contributed by atoms with Gasteiger partial charge in [-0.1, -0.05) is 6.07 Å². The number of aromatic nitrogens is 1. The third kappa shape index (κ3) is 3.04. The minimum absolute atomic E-state index is 0.0764. The van der Waals surface area contributed by atoms with Gasteiger partial charge < -0.3 is 5.11 Å². The number of thiazole rings is 1. The summed E-state index contributed by atoms with van der Waals surface area (Å²) in [6.07, 6.45) is 0. The van der Waals surface area contributed by atoms with E-state index in [0.29, 0.717) is 11.3 Å². The number of rotatable bonds is 5. The van der Waals surface area contributed by atoms with Crippen molar-refractivity contribution in [3.8, 4) is 0 Å². The first-order chi connectivity index (χ1) is 9.45. The average Bonchev–Trinajstić information content (AvgIpc) is 2.91. The van der Waals surface area contributed by atoms with Crippen molar-refractivity contribution in [1.82, 2.24) is 9.29 Å². The third-order valence-corrected chi connectivity index (χ3v) is 5.21. The average molecular weight is 316 g/mol. The molecule has 0 spiro atoms. The zero-order chi connectivity index (χ0) is 14.8. The molecule has 0 radical (unpaired) electrons. The van der Waals surface area contributed by atoms with Gasteiger partial charge in [0.1, 0.15) is 10.7 Å². The Morgan fingerprint density at radius 2 is 2.20 bits per heavy atom. The summed E-state index contributed by atoms with van der Waals surface area (Å²) >= 11 is 1.36. The second-order valence-electron chi connectivity index (χ2n) is 4.16. The fourth-order valence-electron chi connectivity index (χ4n) is 1.65. The van der Waals surface area contributed by atoms with Crippen molar-refractivity contribution in [3.63, 3.8) is 0 Å². The van der Waals surface area contributed by atoms with Crippen molar-refractivity contribution in [3.05, 3.63) is 46.2 Å². The highest BCUT2D eigenvalue weighted by molar-refractivity contribution is 7.89. The SMILES string of the molecule is CN(Cc1cscn1)S(=O)(=O)c1ccc(CO)cc1F. The van der Waals surface area contributed by atoms with Crippen molar-refractivity contribution < 1.29 is 17.9 Å². The molecule has 1 heterocycles. The molecule has 0 saturated heterocycles. The maximum Gasteiger partial charge on any atom is 0.246 e. The molecule has 20 heavy (non-hydrogen) atoms. The van der Waals surface area contributed by atoms with Crippen LogP contribution in [0.3, 0.4) is 0 Å². The lowest BCUT2D eigenvalue weighted by atomic mass is 10.2. The third-order valence-electron chi connectivity index (χ3n) is 2.74. The van der Waals surface area contributed by atoms with Crippen LogP contribution >= 0.6 is 11.3 Å². The molecule has 0 saturated carbocycles. The molecule has 0 aliphatic rings. The molecule has 0 aliphatic carbocycles. The van der Waals surface area contributed by atoms with Gasteiger partial charge in [0.05, 0.1) is 24.4 Å².